The molecular formula is C19H18F3NO5. The summed E-state index contributed by atoms with van der Waals surface area (Å²) in [6, 6.07) is 11.0. The quantitative estimate of drug-likeness (QED) is 0.744. The van der Waals surface area contributed by atoms with Crippen LogP contribution in [-0.4, -0.2) is 30.5 Å². The largest absolute Gasteiger partial charge is 0.573 e. The van der Waals surface area contributed by atoms with Gasteiger partial charge in [0.05, 0.1) is 19.1 Å². The molecule has 0 aromatic heterocycles. The molecule has 6 nitrogen and oxygen atoms in total. The number of benzene rings is 2. The lowest BCUT2D eigenvalue weighted by Crippen LogP contribution is -2.45. The van der Waals surface area contributed by atoms with Gasteiger partial charge in [-0.25, -0.2) is 0 Å². The van der Waals surface area contributed by atoms with Gasteiger partial charge in [-0.1, -0.05) is 18.2 Å². The Balaban J connectivity index is 2.33. The van der Waals surface area contributed by atoms with Crippen molar-refractivity contribution < 1.29 is 37.3 Å². The molecule has 0 aliphatic rings. The van der Waals surface area contributed by atoms with E-state index in [-0.39, 0.29) is 5.56 Å². The van der Waals surface area contributed by atoms with Gasteiger partial charge in [-0.15, -0.1) is 13.2 Å². The maximum absolute atomic E-state index is 12.6. The highest BCUT2D eigenvalue weighted by molar-refractivity contribution is 5.95. The number of hydrogen-bond acceptors (Lipinski definition) is 4. The van der Waals surface area contributed by atoms with E-state index in [2.05, 4.69) is 10.1 Å². The van der Waals surface area contributed by atoms with E-state index >= 15 is 0 Å². The van der Waals surface area contributed by atoms with Crippen LogP contribution in [0, 0.1) is 0 Å². The molecule has 9 heteroatoms. The number of ether oxygens (including phenoxy) is 2. The third kappa shape index (κ3) is 5.63. The smallest absolute Gasteiger partial charge is 0.497 e. The van der Waals surface area contributed by atoms with Crippen molar-refractivity contribution in [2.75, 3.05) is 7.11 Å². The molecule has 0 fully saturated rings. The van der Waals surface area contributed by atoms with E-state index in [1.54, 1.807) is 24.3 Å². The molecule has 0 aliphatic carbocycles. The Kier molecular flexibility index (Phi) is 6.17. The highest BCUT2D eigenvalue weighted by Crippen LogP contribution is 2.29. The molecule has 0 heterocycles. The molecule has 0 spiro atoms. The number of aliphatic carboxylic acids is 1. The number of alkyl halides is 3. The topological polar surface area (TPSA) is 84.9 Å². The Morgan fingerprint density at radius 1 is 1.07 bits per heavy atom. The minimum Gasteiger partial charge on any atom is -0.497 e. The van der Waals surface area contributed by atoms with Crippen molar-refractivity contribution >= 4 is 11.9 Å². The minimum absolute atomic E-state index is 0.110. The summed E-state index contributed by atoms with van der Waals surface area (Å²) in [6.45, 7) is 1.50. The summed E-state index contributed by atoms with van der Waals surface area (Å²) in [7, 11) is 1.44. The lowest BCUT2D eigenvalue weighted by molar-refractivity contribution is -0.274. The molecule has 1 amide bonds. The van der Waals surface area contributed by atoms with Crippen LogP contribution in [0.1, 0.15) is 29.3 Å². The normalized spacial score (nSPS) is 13.3. The Morgan fingerprint density at radius 2 is 1.71 bits per heavy atom. The van der Waals surface area contributed by atoms with Crippen LogP contribution in [0.2, 0.25) is 0 Å². The van der Waals surface area contributed by atoms with Crippen LogP contribution in [-0.2, 0) is 10.3 Å². The van der Waals surface area contributed by atoms with Gasteiger partial charge < -0.3 is 19.9 Å². The molecule has 0 saturated heterocycles. The summed E-state index contributed by atoms with van der Waals surface area (Å²) < 4.78 is 46.1. The average molecular weight is 397 g/mol. The van der Waals surface area contributed by atoms with Crippen LogP contribution in [0.25, 0.3) is 0 Å². The Morgan fingerprint density at radius 3 is 2.32 bits per heavy atom. The van der Waals surface area contributed by atoms with Gasteiger partial charge in [0.2, 0.25) is 0 Å². The Labute approximate surface area is 158 Å². The zero-order valence-corrected chi connectivity index (χ0v) is 15.0. The van der Waals surface area contributed by atoms with E-state index in [1.165, 1.54) is 26.2 Å². The molecule has 0 saturated carbocycles. The Bertz CT molecular complexity index is 869. The van der Waals surface area contributed by atoms with E-state index in [1.807, 2.05) is 0 Å². The van der Waals surface area contributed by atoms with Crippen LogP contribution < -0.4 is 14.8 Å². The summed E-state index contributed by atoms with van der Waals surface area (Å²) in [5.74, 6) is -2.01. The van der Waals surface area contributed by atoms with Crippen LogP contribution in [0.5, 0.6) is 11.5 Å². The van der Waals surface area contributed by atoms with Gasteiger partial charge >= 0.3 is 12.3 Å². The van der Waals surface area contributed by atoms with Crippen molar-refractivity contribution in [2.45, 2.75) is 25.2 Å². The van der Waals surface area contributed by atoms with Crippen molar-refractivity contribution in [1.82, 2.24) is 5.32 Å². The number of carbonyl (C=O) groups excluding carboxylic acids is 1. The SMILES string of the molecule is COc1cccc(C(C)(CC(=O)O)NC(=O)c2cccc(OC(F)(F)F)c2)c1. The van der Waals surface area contributed by atoms with E-state index in [0.29, 0.717) is 11.3 Å². The average Bonchev–Trinajstić information content (AvgIpc) is 2.59. The fourth-order valence-corrected chi connectivity index (χ4v) is 2.64. The molecule has 2 rings (SSSR count). The van der Waals surface area contributed by atoms with E-state index in [9.17, 15) is 27.9 Å². The maximum Gasteiger partial charge on any atom is 0.573 e. The van der Waals surface area contributed by atoms with E-state index in [0.717, 1.165) is 12.1 Å². The second-order valence-electron chi connectivity index (χ2n) is 6.16. The number of carboxylic acids is 1. The van der Waals surface area contributed by atoms with Gasteiger partial charge in [0, 0.05) is 5.56 Å². The van der Waals surface area contributed by atoms with E-state index in [4.69, 9.17) is 4.74 Å². The van der Waals surface area contributed by atoms with Crippen LogP contribution in [0.15, 0.2) is 48.5 Å². The van der Waals surface area contributed by atoms with Crippen molar-refractivity contribution in [3.05, 3.63) is 59.7 Å². The third-order valence-electron chi connectivity index (χ3n) is 3.93. The molecule has 2 aromatic carbocycles. The molecule has 0 aliphatic heterocycles. The van der Waals surface area contributed by atoms with Crippen molar-refractivity contribution in [3.8, 4) is 11.5 Å². The first kappa shape index (κ1) is 21.1. The van der Waals surface area contributed by atoms with Gasteiger partial charge in [0.15, 0.2) is 0 Å². The summed E-state index contributed by atoms with van der Waals surface area (Å²) in [6.07, 6.45) is -5.35. The summed E-state index contributed by atoms with van der Waals surface area (Å²) in [5, 5.41) is 11.9. The first-order chi connectivity index (χ1) is 13.0. The molecule has 1 atom stereocenters. The number of rotatable bonds is 7. The molecule has 2 aromatic rings. The molecular weight excluding hydrogens is 379 g/mol. The zero-order chi connectivity index (χ0) is 20.9. The lowest BCUT2D eigenvalue weighted by Gasteiger charge is -2.30. The van der Waals surface area contributed by atoms with Crippen molar-refractivity contribution in [2.24, 2.45) is 0 Å². The summed E-state index contributed by atoms with van der Waals surface area (Å²) >= 11 is 0. The maximum atomic E-state index is 12.6. The van der Waals surface area contributed by atoms with Crippen LogP contribution >= 0.6 is 0 Å². The fraction of sp³-hybridized carbons (Fsp3) is 0.263. The first-order valence-electron chi connectivity index (χ1n) is 8.07. The number of carbonyl (C=O) groups is 2. The highest BCUT2D eigenvalue weighted by atomic mass is 19.4. The predicted octanol–water partition coefficient (Wildman–Crippen LogP) is 3.71. The highest BCUT2D eigenvalue weighted by Gasteiger charge is 2.33. The number of methoxy groups -OCH3 is 1. The Hall–Kier alpha value is -3.23. The van der Waals surface area contributed by atoms with Gasteiger partial charge in [0.25, 0.3) is 5.91 Å². The molecule has 2 N–H and O–H groups in total. The van der Waals surface area contributed by atoms with Crippen LogP contribution in [0.4, 0.5) is 13.2 Å². The molecule has 28 heavy (non-hydrogen) atoms. The van der Waals surface area contributed by atoms with Crippen LogP contribution in [0.3, 0.4) is 0 Å². The number of hydrogen-bond donors (Lipinski definition) is 2. The van der Waals surface area contributed by atoms with Crippen molar-refractivity contribution in [1.29, 1.82) is 0 Å². The second-order valence-corrected chi connectivity index (χ2v) is 6.16. The molecule has 1 unspecified atom stereocenters. The monoisotopic (exact) mass is 397 g/mol. The van der Waals surface area contributed by atoms with Crippen molar-refractivity contribution in [3.63, 3.8) is 0 Å². The standard InChI is InChI=1S/C19H18F3NO5/c1-18(11-16(24)25,13-6-4-7-14(10-13)27-2)23-17(26)12-5-3-8-15(9-12)28-19(20,21)22/h3-10H,11H2,1-2H3,(H,23,26)(H,24,25). The fourth-order valence-electron chi connectivity index (χ4n) is 2.64. The second kappa shape index (κ2) is 8.20. The summed E-state index contributed by atoms with van der Waals surface area (Å²) in [4.78, 5) is 24.0. The van der Waals surface area contributed by atoms with E-state index < -0.39 is 35.9 Å². The molecule has 0 radical (unpaired) electrons. The first-order valence-corrected chi connectivity index (χ1v) is 8.07. The number of carboxylic acid groups (broad SMARTS) is 1. The summed E-state index contributed by atoms with van der Waals surface area (Å²) in [5.41, 5.74) is -0.982. The molecule has 0 bridgehead atoms. The minimum atomic E-state index is -4.90. The zero-order valence-electron chi connectivity index (χ0n) is 15.0. The van der Waals surface area contributed by atoms with Gasteiger partial charge in [0.1, 0.15) is 11.5 Å². The number of nitrogens with one attached hydrogen (secondary N) is 1. The predicted molar refractivity (Wildman–Crippen MR) is 93.2 cm³/mol. The van der Waals surface area contributed by atoms with Gasteiger partial charge in [-0.05, 0) is 42.8 Å². The lowest BCUT2D eigenvalue weighted by atomic mass is 9.88. The van der Waals surface area contributed by atoms with Gasteiger partial charge in [-0.3, -0.25) is 9.59 Å². The number of halogens is 3. The van der Waals surface area contributed by atoms with Gasteiger partial charge in [-0.2, -0.15) is 0 Å². The molecule has 150 valence electrons. The number of amides is 1. The third-order valence-corrected chi connectivity index (χ3v) is 3.93.